The Morgan fingerprint density at radius 3 is 2.30 bits per heavy atom. The van der Waals surface area contributed by atoms with E-state index in [2.05, 4.69) is 4.90 Å². The quantitative estimate of drug-likeness (QED) is 0.734. The third-order valence-electron chi connectivity index (χ3n) is 4.85. The van der Waals surface area contributed by atoms with E-state index in [9.17, 15) is 8.42 Å². The van der Waals surface area contributed by atoms with Crippen molar-refractivity contribution in [3.05, 3.63) is 51.5 Å². The Morgan fingerprint density at radius 1 is 1.04 bits per heavy atom. The van der Waals surface area contributed by atoms with E-state index in [1.807, 2.05) is 24.3 Å². The molecule has 2 aromatic carbocycles. The standard InChI is InChI=1S/C19H22Cl2N2O3S/c1-13-12-15(20)14(2)19(18(13)21)27(24,25)23-10-8-22(9-11-23)16-6-4-5-7-17(16)26-3/h4-7,12H,8-11H2,1-3H3. The molecule has 1 aliphatic heterocycles. The fraction of sp³-hybridized carbons (Fsp3) is 0.368. The number of sulfonamides is 1. The van der Waals surface area contributed by atoms with Crippen LogP contribution in [0.5, 0.6) is 5.75 Å². The molecule has 0 amide bonds. The number of nitrogens with zero attached hydrogens (tertiary/aromatic N) is 2. The van der Waals surface area contributed by atoms with Crippen molar-refractivity contribution in [3.8, 4) is 5.75 Å². The van der Waals surface area contributed by atoms with Crippen LogP contribution < -0.4 is 9.64 Å². The van der Waals surface area contributed by atoms with Crippen molar-refractivity contribution in [2.75, 3.05) is 38.2 Å². The van der Waals surface area contributed by atoms with Gasteiger partial charge in [-0.1, -0.05) is 35.3 Å². The maximum atomic E-state index is 13.2. The number of para-hydroxylation sites is 2. The Morgan fingerprint density at radius 2 is 1.67 bits per heavy atom. The van der Waals surface area contributed by atoms with Crippen molar-refractivity contribution in [1.29, 1.82) is 0 Å². The summed E-state index contributed by atoms with van der Waals surface area (Å²) in [5.41, 5.74) is 2.10. The number of aryl methyl sites for hydroxylation is 1. The molecule has 8 heteroatoms. The van der Waals surface area contributed by atoms with E-state index >= 15 is 0 Å². The normalized spacial score (nSPS) is 15.8. The molecule has 2 aromatic rings. The summed E-state index contributed by atoms with van der Waals surface area (Å²) >= 11 is 12.6. The van der Waals surface area contributed by atoms with Crippen molar-refractivity contribution in [1.82, 2.24) is 4.31 Å². The Balaban J connectivity index is 1.86. The third kappa shape index (κ3) is 3.76. The van der Waals surface area contributed by atoms with E-state index in [4.69, 9.17) is 27.9 Å². The summed E-state index contributed by atoms with van der Waals surface area (Å²) in [7, 11) is -2.10. The van der Waals surface area contributed by atoms with Crippen LogP contribution in [0.2, 0.25) is 10.0 Å². The molecule has 0 unspecified atom stereocenters. The minimum absolute atomic E-state index is 0.111. The predicted octanol–water partition coefficient (Wildman–Crippen LogP) is 4.13. The SMILES string of the molecule is COc1ccccc1N1CCN(S(=O)(=O)c2c(C)c(Cl)cc(C)c2Cl)CC1. The minimum Gasteiger partial charge on any atom is -0.495 e. The number of ether oxygens (including phenoxy) is 1. The van der Waals surface area contributed by atoms with Crippen molar-refractivity contribution in [2.45, 2.75) is 18.7 Å². The van der Waals surface area contributed by atoms with Gasteiger partial charge >= 0.3 is 0 Å². The number of piperazine rings is 1. The van der Waals surface area contributed by atoms with E-state index in [1.54, 1.807) is 27.0 Å². The smallest absolute Gasteiger partial charge is 0.245 e. The van der Waals surface area contributed by atoms with E-state index in [0.29, 0.717) is 42.3 Å². The first kappa shape index (κ1) is 20.3. The first-order valence-corrected chi connectivity index (χ1v) is 10.8. The second-order valence-electron chi connectivity index (χ2n) is 6.51. The van der Waals surface area contributed by atoms with Crippen molar-refractivity contribution >= 4 is 38.9 Å². The molecule has 3 rings (SSSR count). The summed E-state index contributed by atoms with van der Waals surface area (Å²) in [6, 6.07) is 9.42. The number of benzene rings is 2. The highest BCUT2D eigenvalue weighted by molar-refractivity contribution is 7.89. The maximum Gasteiger partial charge on any atom is 0.245 e. The lowest BCUT2D eigenvalue weighted by Crippen LogP contribution is -2.49. The zero-order valence-electron chi connectivity index (χ0n) is 15.5. The number of hydrogen-bond donors (Lipinski definition) is 0. The molecule has 146 valence electrons. The molecule has 0 spiro atoms. The van der Waals surface area contributed by atoms with Crippen LogP contribution in [0, 0.1) is 13.8 Å². The van der Waals surface area contributed by atoms with Gasteiger partial charge in [0.15, 0.2) is 0 Å². The lowest BCUT2D eigenvalue weighted by molar-refractivity contribution is 0.378. The Kier molecular flexibility index (Phi) is 5.91. The fourth-order valence-corrected chi connectivity index (χ4v) is 5.90. The van der Waals surface area contributed by atoms with Crippen LogP contribution in [-0.4, -0.2) is 46.0 Å². The van der Waals surface area contributed by atoms with Gasteiger partial charge in [-0.25, -0.2) is 8.42 Å². The number of halogens is 2. The van der Waals surface area contributed by atoms with Gasteiger partial charge in [0.2, 0.25) is 10.0 Å². The second kappa shape index (κ2) is 7.87. The molecular weight excluding hydrogens is 407 g/mol. The van der Waals surface area contributed by atoms with Gasteiger partial charge in [0.05, 0.1) is 17.8 Å². The first-order valence-electron chi connectivity index (χ1n) is 8.60. The fourth-order valence-electron chi connectivity index (χ4n) is 3.31. The summed E-state index contributed by atoms with van der Waals surface area (Å²) in [6.45, 7) is 5.30. The van der Waals surface area contributed by atoms with Crippen molar-refractivity contribution in [2.24, 2.45) is 0 Å². The number of hydrogen-bond acceptors (Lipinski definition) is 4. The molecule has 0 saturated carbocycles. The largest absolute Gasteiger partial charge is 0.495 e. The summed E-state index contributed by atoms with van der Waals surface area (Å²) < 4.78 is 33.4. The van der Waals surface area contributed by atoms with Gasteiger partial charge in [-0.3, -0.25) is 0 Å². The zero-order valence-corrected chi connectivity index (χ0v) is 17.8. The van der Waals surface area contributed by atoms with Gasteiger partial charge in [-0.15, -0.1) is 0 Å². The Labute approximate surface area is 170 Å². The molecule has 1 heterocycles. The molecular formula is C19H22Cl2N2O3S. The van der Waals surface area contributed by atoms with E-state index in [1.165, 1.54) is 4.31 Å². The van der Waals surface area contributed by atoms with Crippen LogP contribution >= 0.6 is 23.2 Å². The van der Waals surface area contributed by atoms with Gasteiger partial charge in [0, 0.05) is 31.2 Å². The molecule has 5 nitrogen and oxygen atoms in total. The molecule has 0 radical (unpaired) electrons. The third-order valence-corrected chi connectivity index (χ3v) is 7.91. The highest BCUT2D eigenvalue weighted by atomic mass is 35.5. The molecule has 0 aromatic heterocycles. The topological polar surface area (TPSA) is 49.9 Å². The monoisotopic (exact) mass is 428 g/mol. The average Bonchev–Trinajstić information content (AvgIpc) is 2.66. The van der Waals surface area contributed by atoms with Crippen LogP contribution in [0.15, 0.2) is 35.2 Å². The van der Waals surface area contributed by atoms with Crippen LogP contribution in [0.25, 0.3) is 0 Å². The van der Waals surface area contributed by atoms with E-state index in [-0.39, 0.29) is 9.92 Å². The van der Waals surface area contributed by atoms with Gasteiger partial charge in [-0.05, 0) is 43.2 Å². The number of rotatable bonds is 4. The number of anilines is 1. The highest BCUT2D eigenvalue weighted by Gasteiger charge is 2.33. The van der Waals surface area contributed by atoms with Crippen LogP contribution in [0.4, 0.5) is 5.69 Å². The second-order valence-corrected chi connectivity index (χ2v) is 9.17. The minimum atomic E-state index is -3.73. The Hall–Kier alpha value is -1.47. The van der Waals surface area contributed by atoms with Gasteiger partial charge < -0.3 is 9.64 Å². The van der Waals surface area contributed by atoms with Crippen LogP contribution in [-0.2, 0) is 10.0 Å². The van der Waals surface area contributed by atoms with Gasteiger partial charge in [0.25, 0.3) is 0 Å². The van der Waals surface area contributed by atoms with Crippen molar-refractivity contribution < 1.29 is 13.2 Å². The molecule has 0 atom stereocenters. The maximum absolute atomic E-state index is 13.2. The molecule has 0 aliphatic carbocycles. The molecule has 0 bridgehead atoms. The van der Waals surface area contributed by atoms with Gasteiger partial charge in [-0.2, -0.15) is 4.31 Å². The Bertz CT molecular complexity index is 929. The summed E-state index contributed by atoms with van der Waals surface area (Å²) in [4.78, 5) is 2.24. The van der Waals surface area contributed by atoms with Crippen LogP contribution in [0.1, 0.15) is 11.1 Å². The zero-order chi connectivity index (χ0) is 19.8. The summed E-state index contributed by atoms with van der Waals surface area (Å²) in [5.74, 6) is 0.776. The molecule has 27 heavy (non-hydrogen) atoms. The molecule has 1 fully saturated rings. The van der Waals surface area contributed by atoms with Gasteiger partial charge in [0.1, 0.15) is 10.6 Å². The van der Waals surface area contributed by atoms with Crippen molar-refractivity contribution in [3.63, 3.8) is 0 Å². The molecule has 0 N–H and O–H groups in total. The first-order chi connectivity index (χ1) is 12.8. The van der Waals surface area contributed by atoms with E-state index in [0.717, 1.165) is 11.4 Å². The summed E-state index contributed by atoms with van der Waals surface area (Å²) in [6.07, 6.45) is 0. The summed E-state index contributed by atoms with van der Waals surface area (Å²) in [5, 5.41) is 0.646. The highest BCUT2D eigenvalue weighted by Crippen LogP contribution is 2.36. The lowest BCUT2D eigenvalue weighted by atomic mass is 10.2. The number of methoxy groups -OCH3 is 1. The molecule has 1 aliphatic rings. The van der Waals surface area contributed by atoms with E-state index < -0.39 is 10.0 Å². The predicted molar refractivity (Wildman–Crippen MR) is 110 cm³/mol. The lowest BCUT2D eigenvalue weighted by Gasteiger charge is -2.36. The average molecular weight is 429 g/mol. The molecule has 1 saturated heterocycles. The van der Waals surface area contributed by atoms with Crippen LogP contribution in [0.3, 0.4) is 0 Å².